The minimum absolute atomic E-state index is 0.0128. The Morgan fingerprint density at radius 3 is 2.39 bits per heavy atom. The monoisotopic (exact) mass is 316 g/mol. The maximum atomic E-state index is 12.6. The molecule has 1 amide bonds. The van der Waals surface area contributed by atoms with E-state index in [0.717, 1.165) is 37.2 Å². The van der Waals surface area contributed by atoms with Crippen LogP contribution in [0.5, 0.6) is 0 Å². The van der Waals surface area contributed by atoms with Crippen molar-refractivity contribution in [1.82, 2.24) is 9.80 Å². The predicted molar refractivity (Wildman–Crippen MR) is 91.1 cm³/mol. The number of carbonyl (C=O) groups is 1. The van der Waals surface area contributed by atoms with Crippen LogP contribution in [0, 0.1) is 6.92 Å². The Bertz CT molecular complexity index is 576. The zero-order valence-corrected chi connectivity index (χ0v) is 14.5. The molecule has 2 saturated heterocycles. The summed E-state index contributed by atoms with van der Waals surface area (Å²) in [4.78, 5) is 16.8. The van der Waals surface area contributed by atoms with E-state index in [1.54, 1.807) is 0 Å². The van der Waals surface area contributed by atoms with Crippen LogP contribution in [0.2, 0.25) is 0 Å². The van der Waals surface area contributed by atoms with E-state index in [-0.39, 0.29) is 18.0 Å². The topological polar surface area (TPSA) is 43.8 Å². The lowest BCUT2D eigenvalue weighted by Gasteiger charge is -2.41. The maximum absolute atomic E-state index is 12.6. The fourth-order valence-electron chi connectivity index (χ4n) is 4.11. The van der Waals surface area contributed by atoms with Gasteiger partial charge in [-0.2, -0.15) is 0 Å². The van der Waals surface area contributed by atoms with E-state index in [0.29, 0.717) is 12.8 Å². The molecule has 1 aromatic carbocycles. The molecule has 0 bridgehead atoms. The van der Waals surface area contributed by atoms with Crippen LogP contribution in [0.4, 0.5) is 0 Å². The molecule has 23 heavy (non-hydrogen) atoms. The van der Waals surface area contributed by atoms with E-state index in [2.05, 4.69) is 31.7 Å². The Morgan fingerprint density at radius 2 is 1.83 bits per heavy atom. The summed E-state index contributed by atoms with van der Waals surface area (Å²) in [6.07, 6.45) is 2.31. The molecule has 0 unspecified atom stereocenters. The highest BCUT2D eigenvalue weighted by Crippen LogP contribution is 2.36. The maximum Gasteiger partial charge on any atom is 0.240 e. The Hall–Kier alpha value is -1.39. The number of amides is 1. The van der Waals surface area contributed by atoms with Crippen LogP contribution in [0.15, 0.2) is 24.3 Å². The van der Waals surface area contributed by atoms with Crippen molar-refractivity contribution in [3.8, 4) is 0 Å². The molecule has 126 valence electrons. The van der Waals surface area contributed by atoms with Crippen LogP contribution in [0.1, 0.15) is 44.2 Å². The van der Waals surface area contributed by atoms with Gasteiger partial charge in [-0.15, -0.1) is 0 Å². The third-order valence-corrected chi connectivity index (χ3v) is 5.55. The van der Waals surface area contributed by atoms with Crippen molar-refractivity contribution in [2.75, 3.05) is 19.6 Å². The lowest BCUT2D eigenvalue weighted by Crippen LogP contribution is -2.50. The second-order valence-corrected chi connectivity index (χ2v) is 7.31. The van der Waals surface area contributed by atoms with Gasteiger partial charge < -0.3 is 10.0 Å². The quantitative estimate of drug-likeness (QED) is 0.930. The molecule has 4 nitrogen and oxygen atoms in total. The first-order chi connectivity index (χ1) is 10.9. The van der Waals surface area contributed by atoms with Crippen molar-refractivity contribution in [2.24, 2.45) is 0 Å². The first-order valence-corrected chi connectivity index (χ1v) is 8.75. The molecule has 2 heterocycles. The molecule has 2 fully saturated rings. The van der Waals surface area contributed by atoms with Crippen LogP contribution in [0.3, 0.4) is 0 Å². The number of carbonyl (C=O) groups excluding carboxylic acids is 1. The van der Waals surface area contributed by atoms with Crippen molar-refractivity contribution in [2.45, 2.75) is 57.7 Å². The molecule has 0 spiro atoms. The Labute approximate surface area is 139 Å². The van der Waals surface area contributed by atoms with Crippen LogP contribution < -0.4 is 0 Å². The fourth-order valence-corrected chi connectivity index (χ4v) is 4.11. The number of hydrogen-bond donors (Lipinski definition) is 1. The standard InChI is InChI=1S/C19H28N2O2/c1-14(2)21-11-8-17(18(21)22)20-12-9-19(23,10-13-20)16-7-5-4-6-15(16)3/h4-7,14,17,23H,8-13H2,1-3H3/t17-/m1/s1. The van der Waals surface area contributed by atoms with Gasteiger partial charge in [-0.3, -0.25) is 9.69 Å². The Kier molecular flexibility index (Phi) is 4.47. The van der Waals surface area contributed by atoms with Gasteiger partial charge >= 0.3 is 0 Å². The molecule has 0 saturated carbocycles. The number of likely N-dealkylation sites (tertiary alicyclic amines) is 2. The molecule has 2 aliphatic rings. The summed E-state index contributed by atoms with van der Waals surface area (Å²) in [5, 5.41) is 11.1. The third-order valence-electron chi connectivity index (χ3n) is 5.55. The summed E-state index contributed by atoms with van der Waals surface area (Å²) in [5.41, 5.74) is 1.44. The van der Waals surface area contributed by atoms with Gasteiger partial charge in [-0.1, -0.05) is 24.3 Å². The number of aliphatic hydroxyl groups is 1. The van der Waals surface area contributed by atoms with Crippen LogP contribution >= 0.6 is 0 Å². The number of piperidine rings is 1. The van der Waals surface area contributed by atoms with E-state index >= 15 is 0 Å². The average molecular weight is 316 g/mol. The molecule has 0 aliphatic carbocycles. The molecular weight excluding hydrogens is 288 g/mol. The van der Waals surface area contributed by atoms with Gasteiger partial charge in [0.05, 0.1) is 11.6 Å². The van der Waals surface area contributed by atoms with Crippen molar-refractivity contribution < 1.29 is 9.90 Å². The highest BCUT2D eigenvalue weighted by Gasteiger charge is 2.42. The molecular formula is C19H28N2O2. The van der Waals surface area contributed by atoms with Crippen LogP contribution in [-0.4, -0.2) is 52.5 Å². The van der Waals surface area contributed by atoms with E-state index in [9.17, 15) is 9.90 Å². The van der Waals surface area contributed by atoms with Crippen molar-refractivity contribution in [3.63, 3.8) is 0 Å². The number of rotatable bonds is 3. The highest BCUT2D eigenvalue weighted by molar-refractivity contribution is 5.84. The van der Waals surface area contributed by atoms with Gasteiger partial charge in [-0.05, 0) is 51.2 Å². The smallest absolute Gasteiger partial charge is 0.240 e. The summed E-state index contributed by atoms with van der Waals surface area (Å²) in [6.45, 7) is 8.64. The number of benzene rings is 1. The van der Waals surface area contributed by atoms with Gasteiger partial charge in [-0.25, -0.2) is 0 Å². The fraction of sp³-hybridized carbons (Fsp3) is 0.632. The minimum Gasteiger partial charge on any atom is -0.385 e. The lowest BCUT2D eigenvalue weighted by atomic mass is 9.82. The van der Waals surface area contributed by atoms with Crippen LogP contribution in [0.25, 0.3) is 0 Å². The summed E-state index contributed by atoms with van der Waals surface area (Å²) in [6, 6.07) is 8.38. The number of nitrogens with zero attached hydrogens (tertiary/aromatic N) is 2. The Morgan fingerprint density at radius 1 is 1.17 bits per heavy atom. The first-order valence-electron chi connectivity index (χ1n) is 8.75. The number of aryl methyl sites for hydroxylation is 1. The largest absolute Gasteiger partial charge is 0.385 e. The Balaban J connectivity index is 1.67. The zero-order chi connectivity index (χ0) is 16.6. The molecule has 2 aliphatic heterocycles. The van der Waals surface area contributed by atoms with Gasteiger partial charge in [0, 0.05) is 25.7 Å². The number of hydrogen-bond acceptors (Lipinski definition) is 3. The summed E-state index contributed by atoms with van der Waals surface area (Å²) < 4.78 is 0. The first kappa shape index (κ1) is 16.5. The van der Waals surface area contributed by atoms with Gasteiger partial charge in [0.25, 0.3) is 0 Å². The molecule has 1 N–H and O–H groups in total. The molecule has 3 rings (SSSR count). The molecule has 1 atom stereocenters. The average Bonchev–Trinajstić information content (AvgIpc) is 2.90. The molecule has 0 aromatic heterocycles. The van der Waals surface area contributed by atoms with Crippen LogP contribution in [-0.2, 0) is 10.4 Å². The van der Waals surface area contributed by atoms with Gasteiger partial charge in [0.1, 0.15) is 0 Å². The third kappa shape index (κ3) is 3.02. The van der Waals surface area contributed by atoms with Gasteiger partial charge in [0.15, 0.2) is 0 Å². The molecule has 4 heteroatoms. The molecule has 1 aromatic rings. The normalized spacial score (nSPS) is 25.3. The van der Waals surface area contributed by atoms with Crippen molar-refractivity contribution in [1.29, 1.82) is 0 Å². The SMILES string of the molecule is Cc1ccccc1C1(O)CCN([C@@H]2CCN(C(C)C)C2=O)CC1. The van der Waals surface area contributed by atoms with E-state index in [4.69, 9.17) is 0 Å². The zero-order valence-electron chi connectivity index (χ0n) is 14.5. The summed E-state index contributed by atoms with van der Waals surface area (Å²) in [5.74, 6) is 0.265. The van der Waals surface area contributed by atoms with E-state index in [1.807, 2.05) is 23.1 Å². The summed E-state index contributed by atoms with van der Waals surface area (Å²) >= 11 is 0. The van der Waals surface area contributed by atoms with Gasteiger partial charge in [0.2, 0.25) is 5.91 Å². The summed E-state index contributed by atoms with van der Waals surface area (Å²) in [7, 11) is 0. The second-order valence-electron chi connectivity index (χ2n) is 7.31. The predicted octanol–water partition coefficient (Wildman–Crippen LogP) is 2.29. The minimum atomic E-state index is -0.749. The second kappa shape index (κ2) is 6.25. The van der Waals surface area contributed by atoms with E-state index in [1.165, 1.54) is 0 Å². The highest BCUT2D eigenvalue weighted by atomic mass is 16.3. The van der Waals surface area contributed by atoms with Crippen molar-refractivity contribution >= 4 is 5.91 Å². The molecule has 0 radical (unpaired) electrons. The van der Waals surface area contributed by atoms with E-state index < -0.39 is 5.60 Å². The van der Waals surface area contributed by atoms with Crippen molar-refractivity contribution in [3.05, 3.63) is 35.4 Å². The lowest BCUT2D eigenvalue weighted by molar-refractivity contribution is -0.135.